The van der Waals surface area contributed by atoms with Crippen LogP contribution in [-0.4, -0.2) is 15.5 Å². The van der Waals surface area contributed by atoms with Crippen molar-refractivity contribution in [3.05, 3.63) is 90.0 Å². The summed E-state index contributed by atoms with van der Waals surface area (Å²) in [6.45, 7) is 1.35. The van der Waals surface area contributed by atoms with Crippen LogP contribution in [0.3, 0.4) is 0 Å². The molecule has 3 aromatic rings. The number of carbonyl (C=O) groups is 1. The van der Waals surface area contributed by atoms with Crippen LogP contribution < -0.4 is 5.32 Å². The first-order valence-electron chi connectivity index (χ1n) is 8.14. The van der Waals surface area contributed by atoms with Gasteiger partial charge in [-0.05, 0) is 23.1 Å². The molecule has 1 amide bonds. The van der Waals surface area contributed by atoms with Crippen LogP contribution in [-0.2, 0) is 24.3 Å². The number of hydrogen-bond acceptors (Lipinski definition) is 2. The second kappa shape index (κ2) is 8.11. The lowest BCUT2D eigenvalue weighted by atomic mass is 10.1. The Morgan fingerprint density at radius 3 is 2.58 bits per heavy atom. The van der Waals surface area contributed by atoms with Gasteiger partial charge in [0.1, 0.15) is 0 Å². The molecule has 0 spiro atoms. The number of aromatic nitrogens is 2. The molecule has 4 heteroatoms. The molecule has 1 aromatic heterocycles. The van der Waals surface area contributed by atoms with Gasteiger partial charge in [0, 0.05) is 31.9 Å². The summed E-state index contributed by atoms with van der Waals surface area (Å²) in [4.78, 5) is 16.1. The first-order chi connectivity index (χ1) is 11.8. The molecule has 0 atom stereocenters. The summed E-state index contributed by atoms with van der Waals surface area (Å²) < 4.78 is 2.03. The number of benzene rings is 2. The van der Waals surface area contributed by atoms with Gasteiger partial charge in [-0.25, -0.2) is 4.98 Å². The standard InChI is InChI=1S/C20H21N3O/c24-20(10-9-17-5-2-1-3-6-17)22-14-18-7-4-8-19(13-18)15-23-12-11-21-16-23/h1-8,11-13,16H,9-10,14-15H2,(H,22,24). The molecule has 24 heavy (non-hydrogen) atoms. The largest absolute Gasteiger partial charge is 0.352 e. The van der Waals surface area contributed by atoms with Crippen molar-refractivity contribution in [1.29, 1.82) is 0 Å². The average Bonchev–Trinajstić information content (AvgIpc) is 3.12. The molecule has 0 aliphatic rings. The van der Waals surface area contributed by atoms with E-state index in [-0.39, 0.29) is 5.91 Å². The van der Waals surface area contributed by atoms with Crippen LogP contribution in [0.2, 0.25) is 0 Å². The Hall–Kier alpha value is -2.88. The van der Waals surface area contributed by atoms with Crippen LogP contribution in [0, 0.1) is 0 Å². The summed E-state index contributed by atoms with van der Waals surface area (Å²) in [6.07, 6.45) is 6.80. The first-order valence-corrected chi connectivity index (χ1v) is 8.14. The van der Waals surface area contributed by atoms with E-state index in [0.717, 1.165) is 18.5 Å². The number of hydrogen-bond donors (Lipinski definition) is 1. The molecule has 0 fully saturated rings. The zero-order valence-electron chi connectivity index (χ0n) is 13.6. The van der Waals surface area contributed by atoms with E-state index in [1.165, 1.54) is 11.1 Å². The zero-order chi connectivity index (χ0) is 16.6. The van der Waals surface area contributed by atoms with Gasteiger partial charge in [-0.3, -0.25) is 4.79 Å². The minimum absolute atomic E-state index is 0.0823. The molecule has 0 unspecified atom stereocenters. The van der Waals surface area contributed by atoms with Crippen molar-refractivity contribution in [2.75, 3.05) is 0 Å². The van der Waals surface area contributed by atoms with Crippen LogP contribution >= 0.6 is 0 Å². The van der Waals surface area contributed by atoms with E-state index in [0.29, 0.717) is 13.0 Å². The van der Waals surface area contributed by atoms with Crippen LogP contribution in [0.1, 0.15) is 23.1 Å². The van der Waals surface area contributed by atoms with E-state index in [2.05, 4.69) is 22.4 Å². The van der Waals surface area contributed by atoms with Crippen molar-refractivity contribution in [2.24, 2.45) is 0 Å². The van der Waals surface area contributed by atoms with E-state index in [9.17, 15) is 4.79 Å². The predicted molar refractivity (Wildman–Crippen MR) is 94.4 cm³/mol. The smallest absolute Gasteiger partial charge is 0.220 e. The topological polar surface area (TPSA) is 46.9 Å². The SMILES string of the molecule is O=C(CCc1ccccc1)NCc1cccc(Cn2ccnc2)c1. The second-order valence-electron chi connectivity index (χ2n) is 5.82. The minimum atomic E-state index is 0.0823. The van der Waals surface area contributed by atoms with Crippen molar-refractivity contribution in [2.45, 2.75) is 25.9 Å². The van der Waals surface area contributed by atoms with Gasteiger partial charge in [-0.15, -0.1) is 0 Å². The number of amides is 1. The molecule has 0 saturated heterocycles. The summed E-state index contributed by atoms with van der Waals surface area (Å²) in [5.74, 6) is 0.0823. The Labute approximate surface area is 142 Å². The molecular formula is C20H21N3O. The van der Waals surface area contributed by atoms with Gasteiger partial charge < -0.3 is 9.88 Å². The normalized spacial score (nSPS) is 10.5. The quantitative estimate of drug-likeness (QED) is 0.727. The molecule has 4 nitrogen and oxygen atoms in total. The third-order valence-electron chi connectivity index (χ3n) is 3.89. The molecule has 1 heterocycles. The Morgan fingerprint density at radius 2 is 1.79 bits per heavy atom. The number of rotatable bonds is 7. The summed E-state index contributed by atoms with van der Waals surface area (Å²) in [6, 6.07) is 18.4. The van der Waals surface area contributed by atoms with Crippen molar-refractivity contribution in [1.82, 2.24) is 14.9 Å². The zero-order valence-corrected chi connectivity index (χ0v) is 13.6. The van der Waals surface area contributed by atoms with Crippen LogP contribution in [0.15, 0.2) is 73.3 Å². The van der Waals surface area contributed by atoms with Gasteiger partial charge in [-0.2, -0.15) is 0 Å². The fourth-order valence-electron chi connectivity index (χ4n) is 2.62. The molecule has 122 valence electrons. The number of carbonyl (C=O) groups excluding carboxylic acids is 1. The molecule has 0 saturated carbocycles. The van der Waals surface area contributed by atoms with E-state index < -0.39 is 0 Å². The molecule has 0 radical (unpaired) electrons. The van der Waals surface area contributed by atoms with E-state index in [1.54, 1.807) is 12.5 Å². The van der Waals surface area contributed by atoms with E-state index in [4.69, 9.17) is 0 Å². The highest BCUT2D eigenvalue weighted by Gasteiger charge is 2.03. The number of nitrogens with zero attached hydrogens (tertiary/aromatic N) is 2. The maximum absolute atomic E-state index is 12.0. The van der Waals surface area contributed by atoms with Crippen LogP contribution in [0.4, 0.5) is 0 Å². The van der Waals surface area contributed by atoms with Crippen molar-refractivity contribution < 1.29 is 4.79 Å². The lowest BCUT2D eigenvalue weighted by molar-refractivity contribution is -0.121. The summed E-state index contributed by atoms with van der Waals surface area (Å²) >= 11 is 0. The maximum Gasteiger partial charge on any atom is 0.220 e. The Morgan fingerprint density at radius 1 is 1.00 bits per heavy atom. The second-order valence-corrected chi connectivity index (χ2v) is 5.82. The summed E-state index contributed by atoms with van der Waals surface area (Å²) in [5.41, 5.74) is 3.50. The van der Waals surface area contributed by atoms with Gasteiger partial charge in [0.2, 0.25) is 5.91 Å². The fraction of sp³-hybridized carbons (Fsp3) is 0.200. The molecular weight excluding hydrogens is 298 g/mol. The van der Waals surface area contributed by atoms with Crippen molar-refractivity contribution in [3.63, 3.8) is 0 Å². The highest BCUT2D eigenvalue weighted by atomic mass is 16.1. The summed E-state index contributed by atoms with van der Waals surface area (Å²) in [5, 5.41) is 3.00. The average molecular weight is 319 g/mol. The lowest BCUT2D eigenvalue weighted by Crippen LogP contribution is -2.23. The summed E-state index contributed by atoms with van der Waals surface area (Å²) in [7, 11) is 0. The third kappa shape index (κ3) is 4.81. The Kier molecular flexibility index (Phi) is 5.40. The molecule has 2 aromatic carbocycles. The van der Waals surface area contributed by atoms with Crippen molar-refractivity contribution >= 4 is 5.91 Å². The number of aryl methyl sites for hydroxylation is 1. The highest BCUT2D eigenvalue weighted by molar-refractivity contribution is 5.76. The molecule has 3 rings (SSSR count). The van der Waals surface area contributed by atoms with Gasteiger partial charge in [0.25, 0.3) is 0 Å². The monoisotopic (exact) mass is 319 g/mol. The minimum Gasteiger partial charge on any atom is -0.352 e. The molecule has 0 aliphatic carbocycles. The number of imidazole rings is 1. The van der Waals surface area contributed by atoms with Crippen LogP contribution in [0.25, 0.3) is 0 Å². The first kappa shape index (κ1) is 16.0. The maximum atomic E-state index is 12.0. The van der Waals surface area contributed by atoms with Gasteiger partial charge in [0.15, 0.2) is 0 Å². The predicted octanol–water partition coefficient (Wildman–Crippen LogP) is 3.18. The Balaban J connectivity index is 1.48. The van der Waals surface area contributed by atoms with E-state index >= 15 is 0 Å². The number of nitrogens with one attached hydrogen (secondary N) is 1. The molecule has 0 bridgehead atoms. The van der Waals surface area contributed by atoms with Crippen LogP contribution in [0.5, 0.6) is 0 Å². The molecule has 1 N–H and O–H groups in total. The molecule has 0 aliphatic heterocycles. The van der Waals surface area contributed by atoms with Crippen molar-refractivity contribution in [3.8, 4) is 0 Å². The van der Waals surface area contributed by atoms with Gasteiger partial charge >= 0.3 is 0 Å². The fourth-order valence-corrected chi connectivity index (χ4v) is 2.62. The Bertz CT molecular complexity index is 767. The van der Waals surface area contributed by atoms with E-state index in [1.807, 2.05) is 53.2 Å². The lowest BCUT2D eigenvalue weighted by Gasteiger charge is -2.08. The highest BCUT2D eigenvalue weighted by Crippen LogP contribution is 2.08. The van der Waals surface area contributed by atoms with Gasteiger partial charge in [0.05, 0.1) is 6.33 Å². The third-order valence-corrected chi connectivity index (χ3v) is 3.89. The van der Waals surface area contributed by atoms with Gasteiger partial charge in [-0.1, -0.05) is 54.6 Å².